The first-order valence-corrected chi connectivity index (χ1v) is 8.00. The lowest BCUT2D eigenvalue weighted by atomic mass is 10.1. The van der Waals surface area contributed by atoms with Crippen LogP contribution in [0, 0.1) is 0 Å². The van der Waals surface area contributed by atoms with Gasteiger partial charge in [-0.3, -0.25) is 9.59 Å². The summed E-state index contributed by atoms with van der Waals surface area (Å²) in [7, 11) is 0. The average Bonchev–Trinajstić information content (AvgIpc) is 2.69. The van der Waals surface area contributed by atoms with Crippen molar-refractivity contribution in [2.45, 2.75) is 0 Å². The van der Waals surface area contributed by atoms with Crippen molar-refractivity contribution >= 4 is 33.4 Å². The van der Waals surface area contributed by atoms with Crippen LogP contribution >= 0.6 is 15.9 Å². The van der Waals surface area contributed by atoms with E-state index in [1.807, 2.05) is 30.3 Å². The van der Waals surface area contributed by atoms with Gasteiger partial charge in [-0.15, -0.1) is 0 Å². The average molecular weight is 375 g/mol. The number of rotatable bonds is 4. The third-order valence-corrected chi connectivity index (χ3v) is 4.07. The van der Waals surface area contributed by atoms with Crippen LogP contribution in [-0.4, -0.2) is 31.5 Å². The van der Waals surface area contributed by atoms with Crippen molar-refractivity contribution < 1.29 is 14.3 Å². The molecule has 0 aromatic heterocycles. The summed E-state index contributed by atoms with van der Waals surface area (Å²) in [6.07, 6.45) is 0. The molecule has 0 saturated carbocycles. The van der Waals surface area contributed by atoms with Gasteiger partial charge in [-0.25, -0.2) is 0 Å². The maximum Gasteiger partial charge on any atom is 0.253 e. The molecule has 2 amide bonds. The number of nitrogens with zero attached hydrogens (tertiary/aromatic N) is 1. The molecule has 0 unspecified atom stereocenters. The van der Waals surface area contributed by atoms with Crippen molar-refractivity contribution in [1.82, 2.24) is 5.32 Å². The summed E-state index contributed by atoms with van der Waals surface area (Å²) in [6, 6.07) is 14.6. The second-order valence-electron chi connectivity index (χ2n) is 5.05. The Hall–Kier alpha value is -2.34. The molecular formula is C17H15BrN2O3. The Kier molecular flexibility index (Phi) is 4.62. The van der Waals surface area contributed by atoms with E-state index in [1.54, 1.807) is 23.1 Å². The van der Waals surface area contributed by atoms with Crippen LogP contribution in [0.1, 0.15) is 10.4 Å². The van der Waals surface area contributed by atoms with Gasteiger partial charge in [0.1, 0.15) is 12.4 Å². The lowest BCUT2D eigenvalue weighted by Gasteiger charge is -2.22. The Balaban J connectivity index is 1.73. The Bertz CT molecular complexity index is 731. The summed E-state index contributed by atoms with van der Waals surface area (Å²) in [5.74, 6) is 0.353. The Morgan fingerprint density at radius 1 is 1.09 bits per heavy atom. The van der Waals surface area contributed by atoms with Crippen LogP contribution < -0.4 is 15.0 Å². The fourth-order valence-corrected chi connectivity index (χ4v) is 2.68. The molecule has 23 heavy (non-hydrogen) atoms. The fraction of sp³-hybridized carbons (Fsp3) is 0.176. The SMILES string of the molecule is O=C1NCC(=O)N(CCOc2ccc(Br)cc2)c2ccccc21. The molecule has 0 spiro atoms. The van der Waals surface area contributed by atoms with Crippen LogP contribution in [0.4, 0.5) is 5.69 Å². The zero-order chi connectivity index (χ0) is 16.2. The molecule has 6 heteroatoms. The number of carbonyl (C=O) groups excluding carboxylic acids is 2. The molecule has 0 fully saturated rings. The van der Waals surface area contributed by atoms with E-state index in [-0.39, 0.29) is 18.4 Å². The second-order valence-corrected chi connectivity index (χ2v) is 5.96. The molecule has 118 valence electrons. The van der Waals surface area contributed by atoms with Crippen LogP contribution in [0.5, 0.6) is 5.75 Å². The highest BCUT2D eigenvalue weighted by Gasteiger charge is 2.25. The van der Waals surface area contributed by atoms with E-state index in [9.17, 15) is 9.59 Å². The van der Waals surface area contributed by atoms with Crippen molar-refractivity contribution in [3.05, 3.63) is 58.6 Å². The molecule has 0 radical (unpaired) electrons. The van der Waals surface area contributed by atoms with Crippen LogP contribution in [0.25, 0.3) is 0 Å². The topological polar surface area (TPSA) is 58.6 Å². The number of ether oxygens (including phenoxy) is 1. The first-order chi connectivity index (χ1) is 11.1. The number of anilines is 1. The first-order valence-electron chi connectivity index (χ1n) is 7.21. The summed E-state index contributed by atoms with van der Waals surface area (Å²) in [4.78, 5) is 25.8. The molecule has 1 aliphatic heterocycles. The number of para-hydroxylation sites is 1. The van der Waals surface area contributed by atoms with Crippen molar-refractivity contribution in [3.63, 3.8) is 0 Å². The predicted molar refractivity (Wildman–Crippen MR) is 90.8 cm³/mol. The van der Waals surface area contributed by atoms with Gasteiger partial charge in [-0.1, -0.05) is 28.1 Å². The smallest absolute Gasteiger partial charge is 0.253 e. The van der Waals surface area contributed by atoms with Gasteiger partial charge in [0, 0.05) is 4.47 Å². The maximum atomic E-state index is 12.3. The highest BCUT2D eigenvalue weighted by atomic mass is 79.9. The molecule has 1 N–H and O–H groups in total. The van der Waals surface area contributed by atoms with E-state index in [4.69, 9.17) is 4.74 Å². The molecule has 0 saturated heterocycles. The molecule has 0 bridgehead atoms. The summed E-state index contributed by atoms with van der Waals surface area (Å²) in [6.45, 7) is 0.711. The molecule has 1 heterocycles. The molecule has 1 aliphatic rings. The summed E-state index contributed by atoms with van der Waals surface area (Å²) in [5.41, 5.74) is 1.12. The van der Waals surface area contributed by atoms with Gasteiger partial charge >= 0.3 is 0 Å². The molecule has 2 aromatic rings. The summed E-state index contributed by atoms with van der Waals surface area (Å²) >= 11 is 3.37. The first kappa shape index (κ1) is 15.6. The van der Waals surface area contributed by atoms with Gasteiger partial charge in [0.15, 0.2) is 0 Å². The second kappa shape index (κ2) is 6.83. The molecular weight excluding hydrogens is 360 g/mol. The zero-order valence-corrected chi connectivity index (χ0v) is 13.9. The summed E-state index contributed by atoms with van der Waals surface area (Å²) in [5, 5.41) is 2.62. The third-order valence-electron chi connectivity index (χ3n) is 3.54. The molecule has 2 aromatic carbocycles. The molecule has 0 aliphatic carbocycles. The largest absolute Gasteiger partial charge is 0.492 e. The normalized spacial score (nSPS) is 14.0. The Morgan fingerprint density at radius 2 is 1.83 bits per heavy atom. The van der Waals surface area contributed by atoms with Crippen LogP contribution in [0.15, 0.2) is 53.0 Å². The number of halogens is 1. The van der Waals surface area contributed by atoms with Gasteiger partial charge in [0.25, 0.3) is 5.91 Å². The minimum absolute atomic E-state index is 0.00814. The number of fused-ring (bicyclic) bond motifs is 1. The van der Waals surface area contributed by atoms with Gasteiger partial charge < -0.3 is 15.0 Å². The number of benzene rings is 2. The highest BCUT2D eigenvalue weighted by molar-refractivity contribution is 9.10. The molecule has 5 nitrogen and oxygen atoms in total. The Morgan fingerprint density at radius 3 is 2.61 bits per heavy atom. The van der Waals surface area contributed by atoms with Gasteiger partial charge in [0.05, 0.1) is 24.3 Å². The number of hydrogen-bond acceptors (Lipinski definition) is 3. The third kappa shape index (κ3) is 3.53. The number of carbonyl (C=O) groups is 2. The van der Waals surface area contributed by atoms with Crippen LogP contribution in [-0.2, 0) is 4.79 Å². The van der Waals surface area contributed by atoms with E-state index >= 15 is 0 Å². The van der Waals surface area contributed by atoms with E-state index < -0.39 is 0 Å². The minimum Gasteiger partial charge on any atom is -0.492 e. The van der Waals surface area contributed by atoms with Gasteiger partial charge in [0.2, 0.25) is 5.91 Å². The lowest BCUT2D eigenvalue weighted by Crippen LogP contribution is -2.38. The highest BCUT2D eigenvalue weighted by Crippen LogP contribution is 2.22. The van der Waals surface area contributed by atoms with E-state index in [2.05, 4.69) is 21.2 Å². The fourth-order valence-electron chi connectivity index (χ4n) is 2.41. The monoisotopic (exact) mass is 374 g/mol. The molecule has 0 atom stereocenters. The Labute approximate surface area is 142 Å². The number of nitrogens with one attached hydrogen (secondary N) is 1. The van der Waals surface area contributed by atoms with Crippen molar-refractivity contribution in [3.8, 4) is 5.75 Å². The van der Waals surface area contributed by atoms with Crippen molar-refractivity contribution in [2.75, 3.05) is 24.6 Å². The van der Waals surface area contributed by atoms with Gasteiger partial charge in [-0.05, 0) is 36.4 Å². The summed E-state index contributed by atoms with van der Waals surface area (Å²) < 4.78 is 6.65. The number of hydrogen-bond donors (Lipinski definition) is 1. The van der Waals surface area contributed by atoms with E-state index in [0.717, 1.165) is 10.2 Å². The standard InChI is InChI=1S/C17H15BrN2O3/c18-12-5-7-13(8-6-12)23-10-9-20-15-4-2-1-3-14(15)17(22)19-11-16(20)21/h1-8H,9-11H2,(H,19,22). The van der Waals surface area contributed by atoms with E-state index in [0.29, 0.717) is 24.4 Å². The minimum atomic E-state index is -0.231. The zero-order valence-electron chi connectivity index (χ0n) is 12.3. The number of amides is 2. The van der Waals surface area contributed by atoms with Crippen molar-refractivity contribution in [2.24, 2.45) is 0 Å². The predicted octanol–water partition coefficient (Wildman–Crippen LogP) is 2.60. The van der Waals surface area contributed by atoms with Crippen molar-refractivity contribution in [1.29, 1.82) is 0 Å². The molecule has 3 rings (SSSR count). The van der Waals surface area contributed by atoms with Gasteiger partial charge in [-0.2, -0.15) is 0 Å². The maximum absolute atomic E-state index is 12.3. The van der Waals surface area contributed by atoms with E-state index in [1.165, 1.54) is 0 Å². The van der Waals surface area contributed by atoms with Crippen LogP contribution in [0.3, 0.4) is 0 Å². The quantitative estimate of drug-likeness (QED) is 0.894. The van der Waals surface area contributed by atoms with Crippen LogP contribution in [0.2, 0.25) is 0 Å². The lowest BCUT2D eigenvalue weighted by molar-refractivity contribution is -0.117.